The summed E-state index contributed by atoms with van der Waals surface area (Å²) in [6.45, 7) is 4.07. The van der Waals surface area contributed by atoms with Gasteiger partial charge in [-0.1, -0.05) is 12.1 Å². The number of benzene rings is 2. The summed E-state index contributed by atoms with van der Waals surface area (Å²) in [4.78, 5) is 9.45. The van der Waals surface area contributed by atoms with E-state index in [9.17, 15) is 0 Å². The highest BCUT2D eigenvalue weighted by molar-refractivity contribution is 5.78. The van der Waals surface area contributed by atoms with E-state index in [1.807, 2.05) is 55.5 Å². The quantitative estimate of drug-likeness (QED) is 0.578. The van der Waals surface area contributed by atoms with E-state index < -0.39 is 0 Å². The maximum atomic E-state index is 5.21. The van der Waals surface area contributed by atoms with Crippen LogP contribution in [0.15, 0.2) is 60.7 Å². The number of para-hydroxylation sites is 2. The molecule has 2 aromatic carbocycles. The average Bonchev–Trinajstić information content (AvgIpc) is 2.97. The van der Waals surface area contributed by atoms with E-state index in [0.717, 1.165) is 45.5 Å². The third-order valence-electron chi connectivity index (χ3n) is 4.28. The molecule has 2 aromatic heterocycles. The summed E-state index contributed by atoms with van der Waals surface area (Å²) in [5.74, 6) is 3.39. The molecule has 0 saturated heterocycles. The second-order valence-corrected chi connectivity index (χ2v) is 6.22. The highest BCUT2D eigenvalue weighted by Crippen LogP contribution is 2.24. The maximum Gasteiger partial charge on any atom is 0.141 e. The van der Waals surface area contributed by atoms with Gasteiger partial charge in [-0.05, 0) is 67.9 Å². The zero-order valence-corrected chi connectivity index (χ0v) is 15.0. The molecule has 0 radical (unpaired) electrons. The standard InChI is InChI=1S/C21H20N4O/c1-14-12-20(23-16-8-10-17(26-3)11-9-16)24-21(13-14)25-15(2)22-18-6-4-5-7-19(18)25/h4-13H,1-3H3,(H,23,24). The molecule has 0 bridgehead atoms. The molecule has 4 rings (SSSR count). The number of imidazole rings is 1. The Morgan fingerprint density at radius 2 is 1.69 bits per heavy atom. The van der Waals surface area contributed by atoms with Crippen molar-refractivity contribution >= 4 is 22.5 Å². The van der Waals surface area contributed by atoms with Gasteiger partial charge in [-0.3, -0.25) is 4.57 Å². The molecule has 2 heterocycles. The first-order valence-electron chi connectivity index (χ1n) is 8.48. The van der Waals surface area contributed by atoms with Gasteiger partial charge in [0.15, 0.2) is 0 Å². The summed E-state index contributed by atoms with van der Waals surface area (Å²) in [5, 5.41) is 3.37. The van der Waals surface area contributed by atoms with Crippen molar-refractivity contribution in [3.63, 3.8) is 0 Å². The van der Waals surface area contributed by atoms with Crippen LogP contribution in [0.25, 0.3) is 16.9 Å². The van der Waals surface area contributed by atoms with E-state index in [2.05, 4.69) is 33.9 Å². The lowest BCUT2D eigenvalue weighted by molar-refractivity contribution is 0.415. The SMILES string of the molecule is COc1ccc(Nc2cc(C)cc(-n3c(C)nc4ccccc43)n2)cc1. The van der Waals surface area contributed by atoms with Gasteiger partial charge in [0.2, 0.25) is 0 Å². The van der Waals surface area contributed by atoms with Crippen LogP contribution < -0.4 is 10.1 Å². The van der Waals surface area contributed by atoms with Crippen LogP contribution in [0.3, 0.4) is 0 Å². The van der Waals surface area contributed by atoms with Gasteiger partial charge in [-0.25, -0.2) is 9.97 Å². The molecule has 0 saturated carbocycles. The molecule has 0 aliphatic heterocycles. The summed E-state index contributed by atoms with van der Waals surface area (Å²) >= 11 is 0. The molecular weight excluding hydrogens is 324 g/mol. The number of hydrogen-bond acceptors (Lipinski definition) is 4. The number of anilines is 2. The number of rotatable bonds is 4. The van der Waals surface area contributed by atoms with Gasteiger partial charge in [0, 0.05) is 5.69 Å². The smallest absolute Gasteiger partial charge is 0.141 e. The molecular formula is C21H20N4O. The summed E-state index contributed by atoms with van der Waals surface area (Å²) in [7, 11) is 1.66. The van der Waals surface area contributed by atoms with Gasteiger partial charge in [0.25, 0.3) is 0 Å². The Morgan fingerprint density at radius 1 is 0.923 bits per heavy atom. The molecule has 0 aliphatic carbocycles. The van der Waals surface area contributed by atoms with Gasteiger partial charge >= 0.3 is 0 Å². The van der Waals surface area contributed by atoms with Crippen molar-refractivity contribution in [1.82, 2.24) is 14.5 Å². The van der Waals surface area contributed by atoms with Crippen LogP contribution in [0.4, 0.5) is 11.5 Å². The van der Waals surface area contributed by atoms with E-state index >= 15 is 0 Å². The van der Waals surface area contributed by atoms with Crippen LogP contribution in [-0.2, 0) is 0 Å². The number of aryl methyl sites for hydroxylation is 2. The van der Waals surface area contributed by atoms with Gasteiger partial charge in [-0.2, -0.15) is 0 Å². The Morgan fingerprint density at radius 3 is 2.46 bits per heavy atom. The minimum atomic E-state index is 0.794. The third kappa shape index (κ3) is 2.99. The number of methoxy groups -OCH3 is 1. The predicted molar refractivity (Wildman–Crippen MR) is 105 cm³/mol. The van der Waals surface area contributed by atoms with Crippen molar-refractivity contribution in [3.8, 4) is 11.6 Å². The van der Waals surface area contributed by atoms with Gasteiger partial charge in [-0.15, -0.1) is 0 Å². The van der Waals surface area contributed by atoms with Gasteiger partial charge in [0.1, 0.15) is 23.2 Å². The molecule has 5 heteroatoms. The largest absolute Gasteiger partial charge is 0.497 e. The first-order chi connectivity index (χ1) is 12.6. The average molecular weight is 344 g/mol. The normalized spacial score (nSPS) is 10.9. The minimum Gasteiger partial charge on any atom is -0.497 e. The Bertz CT molecular complexity index is 1070. The number of ether oxygens (including phenoxy) is 1. The second kappa shape index (κ2) is 6.52. The molecule has 0 atom stereocenters. The van der Waals surface area contributed by atoms with Crippen molar-refractivity contribution in [2.24, 2.45) is 0 Å². The first kappa shape index (κ1) is 16.1. The van der Waals surface area contributed by atoms with Crippen molar-refractivity contribution in [2.75, 3.05) is 12.4 Å². The van der Waals surface area contributed by atoms with E-state index in [1.54, 1.807) is 7.11 Å². The molecule has 4 aromatic rings. The number of nitrogens with one attached hydrogen (secondary N) is 1. The lowest BCUT2D eigenvalue weighted by atomic mass is 10.2. The van der Waals surface area contributed by atoms with E-state index in [1.165, 1.54) is 0 Å². The molecule has 130 valence electrons. The second-order valence-electron chi connectivity index (χ2n) is 6.22. The lowest BCUT2D eigenvalue weighted by Gasteiger charge is -2.12. The zero-order valence-electron chi connectivity index (χ0n) is 15.0. The Balaban J connectivity index is 1.75. The van der Waals surface area contributed by atoms with Crippen LogP contribution in [-0.4, -0.2) is 21.6 Å². The monoisotopic (exact) mass is 344 g/mol. The van der Waals surface area contributed by atoms with Gasteiger partial charge in [0.05, 0.1) is 18.1 Å². The lowest BCUT2D eigenvalue weighted by Crippen LogP contribution is -2.03. The topological polar surface area (TPSA) is 52.0 Å². The van der Waals surface area contributed by atoms with Crippen LogP contribution in [0.2, 0.25) is 0 Å². The maximum absolute atomic E-state index is 5.21. The fourth-order valence-electron chi connectivity index (χ4n) is 3.09. The fourth-order valence-corrected chi connectivity index (χ4v) is 3.09. The van der Waals surface area contributed by atoms with Crippen LogP contribution >= 0.6 is 0 Å². The van der Waals surface area contributed by atoms with Crippen molar-refractivity contribution in [2.45, 2.75) is 13.8 Å². The van der Waals surface area contributed by atoms with Crippen LogP contribution in [0, 0.1) is 13.8 Å². The molecule has 1 N–H and O–H groups in total. The molecule has 26 heavy (non-hydrogen) atoms. The highest BCUT2D eigenvalue weighted by atomic mass is 16.5. The zero-order chi connectivity index (χ0) is 18.1. The summed E-state index contributed by atoms with van der Waals surface area (Å²) < 4.78 is 7.29. The highest BCUT2D eigenvalue weighted by Gasteiger charge is 2.11. The number of hydrogen-bond donors (Lipinski definition) is 1. The molecule has 0 amide bonds. The predicted octanol–water partition coefficient (Wildman–Crippen LogP) is 4.79. The summed E-state index contributed by atoms with van der Waals surface area (Å²) in [6, 6.07) is 20.0. The Kier molecular flexibility index (Phi) is 4.05. The molecule has 0 unspecified atom stereocenters. The molecule has 0 aliphatic rings. The molecule has 5 nitrogen and oxygen atoms in total. The van der Waals surface area contributed by atoms with Crippen molar-refractivity contribution < 1.29 is 4.74 Å². The summed E-state index contributed by atoms with van der Waals surface area (Å²) in [5.41, 5.74) is 4.11. The molecule has 0 spiro atoms. The number of pyridine rings is 1. The minimum absolute atomic E-state index is 0.794. The van der Waals surface area contributed by atoms with E-state index in [-0.39, 0.29) is 0 Å². The number of fused-ring (bicyclic) bond motifs is 1. The van der Waals surface area contributed by atoms with E-state index in [0.29, 0.717) is 0 Å². The number of aromatic nitrogens is 3. The Labute approximate surface area is 152 Å². The van der Waals surface area contributed by atoms with Crippen molar-refractivity contribution in [3.05, 3.63) is 72.1 Å². The first-order valence-corrected chi connectivity index (χ1v) is 8.48. The summed E-state index contributed by atoms with van der Waals surface area (Å²) in [6.07, 6.45) is 0. The van der Waals surface area contributed by atoms with Crippen molar-refractivity contribution in [1.29, 1.82) is 0 Å². The van der Waals surface area contributed by atoms with Crippen LogP contribution in [0.1, 0.15) is 11.4 Å². The van der Waals surface area contributed by atoms with E-state index in [4.69, 9.17) is 9.72 Å². The fraction of sp³-hybridized carbons (Fsp3) is 0.143. The van der Waals surface area contributed by atoms with Crippen LogP contribution in [0.5, 0.6) is 5.75 Å². The third-order valence-corrected chi connectivity index (χ3v) is 4.28. The Hall–Kier alpha value is -3.34. The molecule has 0 fully saturated rings. The number of nitrogens with zero attached hydrogens (tertiary/aromatic N) is 3. The van der Waals surface area contributed by atoms with Gasteiger partial charge < -0.3 is 10.1 Å².